The minimum atomic E-state index is -0.360. The van der Waals surface area contributed by atoms with Gasteiger partial charge in [-0.15, -0.1) is 24.0 Å². The molecule has 0 atom stereocenters. The highest BCUT2D eigenvalue weighted by molar-refractivity contribution is 14.0. The quantitative estimate of drug-likeness (QED) is 0.307. The van der Waals surface area contributed by atoms with Gasteiger partial charge in [-0.25, -0.2) is 4.39 Å². The van der Waals surface area contributed by atoms with E-state index in [-0.39, 0.29) is 42.2 Å². The molecule has 0 aliphatic rings. The van der Waals surface area contributed by atoms with Gasteiger partial charge in [-0.3, -0.25) is 9.79 Å². The predicted octanol–water partition coefficient (Wildman–Crippen LogP) is 3.48. The summed E-state index contributed by atoms with van der Waals surface area (Å²) in [5.74, 6) is 1.00. The smallest absolute Gasteiger partial charge is 0.243 e. The fourth-order valence-electron chi connectivity index (χ4n) is 2.24. The molecule has 3 N–H and O–H groups in total. The highest BCUT2D eigenvalue weighted by atomic mass is 127. The SMILES string of the molecule is CCOc1ccc(NC(=NC)NCC(=O)Nc2ccc(F)cc2)cc1OC.I. The zero-order chi connectivity index (χ0) is 19.6. The van der Waals surface area contributed by atoms with Crippen LogP contribution >= 0.6 is 24.0 Å². The molecule has 0 unspecified atom stereocenters. The van der Waals surface area contributed by atoms with Crippen LogP contribution in [-0.4, -0.2) is 39.2 Å². The lowest BCUT2D eigenvalue weighted by Gasteiger charge is -2.14. The summed E-state index contributed by atoms with van der Waals surface area (Å²) in [5, 5.41) is 8.65. The Morgan fingerprint density at radius 1 is 1.07 bits per heavy atom. The van der Waals surface area contributed by atoms with Crippen LogP contribution in [0.4, 0.5) is 15.8 Å². The number of amides is 1. The van der Waals surface area contributed by atoms with E-state index < -0.39 is 0 Å². The molecule has 0 heterocycles. The second-order valence-electron chi connectivity index (χ2n) is 5.40. The Hall–Kier alpha value is -2.56. The molecule has 9 heteroatoms. The number of aliphatic imine (C=N–C) groups is 1. The summed E-state index contributed by atoms with van der Waals surface area (Å²) < 4.78 is 23.7. The van der Waals surface area contributed by atoms with Gasteiger partial charge >= 0.3 is 0 Å². The third-order valence-corrected chi connectivity index (χ3v) is 3.49. The Kier molecular flexibility index (Phi) is 10.1. The monoisotopic (exact) mass is 502 g/mol. The van der Waals surface area contributed by atoms with Gasteiger partial charge in [0.15, 0.2) is 17.5 Å². The van der Waals surface area contributed by atoms with Crippen LogP contribution in [0.15, 0.2) is 47.5 Å². The van der Waals surface area contributed by atoms with Crippen molar-refractivity contribution in [1.29, 1.82) is 0 Å². The van der Waals surface area contributed by atoms with Crippen molar-refractivity contribution in [3.63, 3.8) is 0 Å². The number of guanidine groups is 1. The molecule has 1 amide bonds. The molecule has 2 aromatic rings. The van der Waals surface area contributed by atoms with Gasteiger partial charge in [0.2, 0.25) is 5.91 Å². The third kappa shape index (κ3) is 7.22. The molecule has 0 saturated heterocycles. The summed E-state index contributed by atoms with van der Waals surface area (Å²) in [4.78, 5) is 16.1. The van der Waals surface area contributed by atoms with Crippen LogP contribution in [0.5, 0.6) is 11.5 Å². The first-order valence-electron chi connectivity index (χ1n) is 8.39. The average molecular weight is 502 g/mol. The fourth-order valence-corrected chi connectivity index (χ4v) is 2.24. The zero-order valence-corrected chi connectivity index (χ0v) is 18.2. The number of anilines is 2. The maximum atomic E-state index is 12.9. The highest BCUT2D eigenvalue weighted by Gasteiger charge is 2.08. The maximum Gasteiger partial charge on any atom is 0.243 e. The Labute approximate surface area is 180 Å². The van der Waals surface area contributed by atoms with Gasteiger partial charge in [0.05, 0.1) is 20.3 Å². The minimum Gasteiger partial charge on any atom is -0.493 e. The molecular formula is C19H24FIN4O3. The van der Waals surface area contributed by atoms with Crippen LogP contribution < -0.4 is 25.4 Å². The topological polar surface area (TPSA) is 84.0 Å². The van der Waals surface area contributed by atoms with E-state index in [1.54, 1.807) is 26.3 Å². The number of hydrogen-bond donors (Lipinski definition) is 3. The summed E-state index contributed by atoms with van der Waals surface area (Å²) in [5.41, 5.74) is 1.24. The zero-order valence-electron chi connectivity index (χ0n) is 15.9. The number of nitrogens with one attached hydrogen (secondary N) is 3. The number of halogens is 2. The van der Waals surface area contributed by atoms with E-state index >= 15 is 0 Å². The summed E-state index contributed by atoms with van der Waals surface area (Å²) >= 11 is 0. The van der Waals surface area contributed by atoms with E-state index in [2.05, 4.69) is 20.9 Å². The van der Waals surface area contributed by atoms with Gasteiger partial charge in [0.1, 0.15) is 5.82 Å². The summed E-state index contributed by atoms with van der Waals surface area (Å²) in [6.45, 7) is 2.43. The second-order valence-corrected chi connectivity index (χ2v) is 5.40. The van der Waals surface area contributed by atoms with Crippen LogP contribution in [0, 0.1) is 5.82 Å². The lowest BCUT2D eigenvalue weighted by molar-refractivity contribution is -0.115. The van der Waals surface area contributed by atoms with Gasteiger partial charge < -0.3 is 25.4 Å². The van der Waals surface area contributed by atoms with Crippen molar-refractivity contribution in [1.82, 2.24) is 5.32 Å². The minimum absolute atomic E-state index is 0. The van der Waals surface area contributed by atoms with E-state index in [4.69, 9.17) is 9.47 Å². The third-order valence-electron chi connectivity index (χ3n) is 3.49. The lowest BCUT2D eigenvalue weighted by atomic mass is 10.2. The number of hydrogen-bond acceptors (Lipinski definition) is 4. The molecule has 0 aliphatic carbocycles. The van der Waals surface area contributed by atoms with Gasteiger partial charge in [-0.2, -0.15) is 0 Å². The first-order chi connectivity index (χ1) is 13.0. The fraction of sp³-hybridized carbons (Fsp3) is 0.263. The van der Waals surface area contributed by atoms with Gasteiger partial charge in [0, 0.05) is 24.5 Å². The molecule has 0 spiro atoms. The molecule has 28 heavy (non-hydrogen) atoms. The number of benzene rings is 2. The molecule has 2 rings (SSSR count). The maximum absolute atomic E-state index is 12.9. The molecule has 0 aromatic heterocycles. The van der Waals surface area contributed by atoms with E-state index in [0.717, 1.165) is 5.69 Å². The Bertz CT molecular complexity index is 800. The second kappa shape index (κ2) is 12.0. The number of ether oxygens (including phenoxy) is 2. The number of nitrogens with zero attached hydrogens (tertiary/aromatic N) is 1. The summed E-state index contributed by atoms with van der Waals surface area (Å²) in [7, 11) is 3.16. The number of methoxy groups -OCH3 is 1. The number of carbonyl (C=O) groups is 1. The van der Waals surface area contributed by atoms with Crippen molar-refractivity contribution in [2.45, 2.75) is 6.92 Å². The molecule has 0 bridgehead atoms. The lowest BCUT2D eigenvalue weighted by Crippen LogP contribution is -2.37. The number of carbonyl (C=O) groups excluding carboxylic acids is 1. The van der Waals surface area contributed by atoms with Gasteiger partial charge in [-0.1, -0.05) is 0 Å². The molecule has 2 aromatic carbocycles. The molecule has 0 radical (unpaired) electrons. The van der Waals surface area contributed by atoms with Crippen LogP contribution in [0.25, 0.3) is 0 Å². The Morgan fingerprint density at radius 3 is 2.36 bits per heavy atom. The van der Waals surface area contributed by atoms with Crippen LogP contribution in [0.2, 0.25) is 0 Å². The standard InChI is InChI=1S/C19H23FN4O3.HI/c1-4-27-16-10-9-15(11-17(16)26-3)24-19(21-2)22-12-18(25)23-14-7-5-13(20)6-8-14;/h5-11H,4,12H2,1-3H3,(H,23,25)(H2,21,22,24);1H. The van der Waals surface area contributed by atoms with Crippen molar-refractivity contribution in [3.05, 3.63) is 48.3 Å². The van der Waals surface area contributed by atoms with Crippen molar-refractivity contribution in [2.75, 3.05) is 37.9 Å². The van der Waals surface area contributed by atoms with E-state index in [0.29, 0.717) is 29.8 Å². The van der Waals surface area contributed by atoms with Crippen LogP contribution in [0.3, 0.4) is 0 Å². The first kappa shape index (κ1) is 23.5. The van der Waals surface area contributed by atoms with Crippen LogP contribution in [-0.2, 0) is 4.79 Å². The molecule has 7 nitrogen and oxygen atoms in total. The van der Waals surface area contributed by atoms with Gasteiger partial charge in [-0.05, 0) is 43.3 Å². The van der Waals surface area contributed by atoms with Crippen LogP contribution in [0.1, 0.15) is 6.92 Å². The predicted molar refractivity (Wildman–Crippen MR) is 120 cm³/mol. The Morgan fingerprint density at radius 2 is 1.75 bits per heavy atom. The Balaban J connectivity index is 0.00000392. The van der Waals surface area contributed by atoms with E-state index in [1.165, 1.54) is 24.3 Å². The van der Waals surface area contributed by atoms with E-state index in [1.807, 2.05) is 13.0 Å². The van der Waals surface area contributed by atoms with Crippen molar-refractivity contribution in [2.24, 2.45) is 4.99 Å². The average Bonchev–Trinajstić information content (AvgIpc) is 2.68. The number of rotatable bonds is 7. The summed E-state index contributed by atoms with van der Waals surface area (Å²) in [6, 6.07) is 10.9. The van der Waals surface area contributed by atoms with Crippen molar-refractivity contribution in [3.8, 4) is 11.5 Å². The molecule has 0 saturated carbocycles. The normalized spacial score (nSPS) is 10.5. The molecule has 0 fully saturated rings. The van der Waals surface area contributed by atoms with E-state index in [9.17, 15) is 9.18 Å². The first-order valence-corrected chi connectivity index (χ1v) is 8.39. The summed E-state index contributed by atoms with van der Waals surface area (Å²) in [6.07, 6.45) is 0. The largest absolute Gasteiger partial charge is 0.493 e. The molecular weight excluding hydrogens is 478 g/mol. The highest BCUT2D eigenvalue weighted by Crippen LogP contribution is 2.30. The molecule has 0 aliphatic heterocycles. The van der Waals surface area contributed by atoms with Gasteiger partial charge in [0.25, 0.3) is 0 Å². The van der Waals surface area contributed by atoms with Crippen molar-refractivity contribution < 1.29 is 18.7 Å². The van der Waals surface area contributed by atoms with Crippen molar-refractivity contribution >= 4 is 47.2 Å². The molecule has 152 valence electrons.